The molecule has 0 aliphatic carbocycles. The van der Waals surface area contributed by atoms with Crippen LogP contribution in [0.15, 0.2) is 47.4 Å². The Morgan fingerprint density at radius 1 is 1.12 bits per heavy atom. The van der Waals surface area contributed by atoms with Crippen molar-refractivity contribution >= 4 is 23.5 Å². The molecule has 3 nitrogen and oxygen atoms in total. The number of esters is 1. The van der Waals surface area contributed by atoms with E-state index in [2.05, 4.69) is 0 Å². The molecule has 0 saturated heterocycles. The lowest BCUT2D eigenvalue weighted by Crippen LogP contribution is -2.15. The molecule has 0 N–H and O–H groups in total. The highest BCUT2D eigenvalue weighted by atomic mass is 32.2. The van der Waals surface area contributed by atoms with E-state index in [-0.39, 0.29) is 29.7 Å². The SMILES string of the molecule is CSc1ccc(C(=O)C(C)C)c(OC(=O)Cc2ccc(F)cc2)c1. The van der Waals surface area contributed by atoms with Crippen LogP contribution in [0.25, 0.3) is 0 Å². The largest absolute Gasteiger partial charge is 0.425 e. The number of ether oxygens (including phenoxy) is 1. The lowest BCUT2D eigenvalue weighted by Gasteiger charge is -2.12. The Morgan fingerprint density at radius 3 is 2.38 bits per heavy atom. The third-order valence-corrected chi connectivity index (χ3v) is 4.19. The second-order valence-corrected chi connectivity index (χ2v) is 6.54. The van der Waals surface area contributed by atoms with E-state index < -0.39 is 5.97 Å². The molecular weight excluding hydrogens is 327 g/mol. The molecule has 0 unspecified atom stereocenters. The minimum atomic E-state index is -0.488. The second kappa shape index (κ2) is 8.11. The summed E-state index contributed by atoms with van der Waals surface area (Å²) in [6.45, 7) is 3.60. The number of carbonyl (C=O) groups is 2. The van der Waals surface area contributed by atoms with E-state index in [0.29, 0.717) is 11.1 Å². The van der Waals surface area contributed by atoms with Crippen LogP contribution < -0.4 is 4.74 Å². The number of hydrogen-bond acceptors (Lipinski definition) is 4. The first kappa shape index (κ1) is 18.2. The third-order valence-electron chi connectivity index (χ3n) is 3.46. The summed E-state index contributed by atoms with van der Waals surface area (Å²) in [6, 6.07) is 10.9. The smallest absolute Gasteiger partial charge is 0.315 e. The van der Waals surface area contributed by atoms with E-state index >= 15 is 0 Å². The van der Waals surface area contributed by atoms with Crippen LogP contribution in [0.1, 0.15) is 29.8 Å². The van der Waals surface area contributed by atoms with E-state index in [1.54, 1.807) is 26.0 Å². The molecule has 0 bridgehead atoms. The van der Waals surface area contributed by atoms with E-state index in [9.17, 15) is 14.0 Å². The molecule has 0 saturated carbocycles. The standard InChI is InChI=1S/C19H19FO3S/c1-12(2)19(22)16-9-8-15(24-3)11-17(16)23-18(21)10-13-4-6-14(20)7-5-13/h4-9,11-12H,10H2,1-3H3. The second-order valence-electron chi connectivity index (χ2n) is 5.66. The maximum atomic E-state index is 12.9. The molecule has 0 amide bonds. The van der Waals surface area contributed by atoms with Crippen LogP contribution in [0.3, 0.4) is 0 Å². The lowest BCUT2D eigenvalue weighted by molar-refractivity contribution is -0.133. The third kappa shape index (κ3) is 4.68. The van der Waals surface area contributed by atoms with Crippen LogP contribution in [0.4, 0.5) is 4.39 Å². The summed E-state index contributed by atoms with van der Waals surface area (Å²) >= 11 is 1.50. The van der Waals surface area contributed by atoms with Crippen molar-refractivity contribution < 1.29 is 18.7 Å². The molecule has 0 atom stereocenters. The molecule has 0 aliphatic heterocycles. The van der Waals surface area contributed by atoms with Crippen molar-refractivity contribution in [2.24, 2.45) is 5.92 Å². The summed E-state index contributed by atoms with van der Waals surface area (Å²) in [7, 11) is 0. The maximum absolute atomic E-state index is 12.9. The number of benzene rings is 2. The predicted octanol–water partition coefficient (Wildman–Crippen LogP) is 4.53. The van der Waals surface area contributed by atoms with Gasteiger partial charge in [-0.25, -0.2) is 4.39 Å². The van der Waals surface area contributed by atoms with Gasteiger partial charge in [-0.3, -0.25) is 9.59 Å². The predicted molar refractivity (Wildman–Crippen MR) is 93.1 cm³/mol. The van der Waals surface area contributed by atoms with Crippen molar-refractivity contribution in [3.05, 3.63) is 59.4 Å². The average Bonchev–Trinajstić information content (AvgIpc) is 2.56. The van der Waals surface area contributed by atoms with Gasteiger partial charge < -0.3 is 4.74 Å². The Balaban J connectivity index is 2.21. The molecule has 0 aromatic heterocycles. The minimum absolute atomic E-state index is 0.0130. The van der Waals surface area contributed by atoms with Gasteiger partial charge >= 0.3 is 5.97 Å². The fourth-order valence-electron chi connectivity index (χ4n) is 2.16. The van der Waals surface area contributed by atoms with Gasteiger partial charge in [-0.2, -0.15) is 0 Å². The highest BCUT2D eigenvalue weighted by molar-refractivity contribution is 7.98. The van der Waals surface area contributed by atoms with E-state index in [1.165, 1.54) is 36.0 Å². The van der Waals surface area contributed by atoms with Crippen LogP contribution in [0, 0.1) is 11.7 Å². The Labute approximate surface area is 145 Å². The average molecular weight is 346 g/mol. The van der Waals surface area contributed by atoms with Gasteiger partial charge in [0.05, 0.1) is 12.0 Å². The van der Waals surface area contributed by atoms with Gasteiger partial charge in [0, 0.05) is 10.8 Å². The van der Waals surface area contributed by atoms with Gasteiger partial charge in [-0.1, -0.05) is 26.0 Å². The fraction of sp³-hybridized carbons (Fsp3) is 0.263. The van der Waals surface area contributed by atoms with Crippen molar-refractivity contribution in [1.29, 1.82) is 0 Å². The molecule has 0 heterocycles. The van der Waals surface area contributed by atoms with Gasteiger partial charge in [0.1, 0.15) is 11.6 Å². The molecule has 0 fully saturated rings. The summed E-state index contributed by atoms with van der Waals surface area (Å²) in [5, 5.41) is 0. The number of hydrogen-bond donors (Lipinski definition) is 0. The van der Waals surface area contributed by atoms with Crippen molar-refractivity contribution in [2.45, 2.75) is 25.2 Å². The zero-order chi connectivity index (χ0) is 17.7. The van der Waals surface area contributed by atoms with Gasteiger partial charge in [0.2, 0.25) is 0 Å². The Morgan fingerprint density at radius 2 is 1.79 bits per heavy atom. The lowest BCUT2D eigenvalue weighted by atomic mass is 10.0. The highest BCUT2D eigenvalue weighted by Crippen LogP contribution is 2.28. The summed E-state index contributed by atoms with van der Waals surface area (Å²) in [5.74, 6) is -0.846. The number of ketones is 1. The molecule has 0 aliphatic rings. The van der Waals surface area contributed by atoms with Gasteiger partial charge in [0.25, 0.3) is 0 Å². The molecule has 24 heavy (non-hydrogen) atoms. The number of thioether (sulfide) groups is 1. The molecule has 2 aromatic rings. The molecule has 2 aromatic carbocycles. The summed E-state index contributed by atoms with van der Waals surface area (Å²) in [5.41, 5.74) is 1.05. The first-order chi connectivity index (χ1) is 11.4. The zero-order valence-corrected chi connectivity index (χ0v) is 14.7. The van der Waals surface area contributed by atoms with Crippen LogP contribution >= 0.6 is 11.8 Å². The number of halogens is 1. The van der Waals surface area contributed by atoms with Crippen LogP contribution in [-0.4, -0.2) is 18.0 Å². The molecule has 2 rings (SSSR count). The Kier molecular flexibility index (Phi) is 6.15. The van der Waals surface area contributed by atoms with Crippen molar-refractivity contribution in [2.75, 3.05) is 6.26 Å². The van der Waals surface area contributed by atoms with Crippen molar-refractivity contribution in [1.82, 2.24) is 0 Å². The summed E-state index contributed by atoms with van der Waals surface area (Å²) < 4.78 is 18.3. The van der Waals surface area contributed by atoms with Crippen LogP contribution in [0.5, 0.6) is 5.75 Å². The van der Waals surface area contributed by atoms with Crippen LogP contribution in [0.2, 0.25) is 0 Å². The number of carbonyl (C=O) groups excluding carboxylic acids is 2. The van der Waals surface area contributed by atoms with E-state index in [1.807, 2.05) is 12.3 Å². The molecular formula is C19H19FO3S. The van der Waals surface area contributed by atoms with Gasteiger partial charge in [-0.15, -0.1) is 11.8 Å². The number of Topliss-reactive ketones (excluding diaryl/α,β-unsaturated/α-hetero) is 1. The molecule has 5 heteroatoms. The zero-order valence-electron chi connectivity index (χ0n) is 13.8. The Hall–Kier alpha value is -2.14. The minimum Gasteiger partial charge on any atom is -0.425 e. The Bertz CT molecular complexity index is 739. The quantitative estimate of drug-likeness (QED) is 0.333. The highest BCUT2D eigenvalue weighted by Gasteiger charge is 2.18. The monoisotopic (exact) mass is 346 g/mol. The molecule has 0 radical (unpaired) electrons. The fourth-order valence-corrected chi connectivity index (χ4v) is 2.59. The first-order valence-corrected chi connectivity index (χ1v) is 8.80. The molecule has 0 spiro atoms. The number of rotatable bonds is 6. The normalized spacial score (nSPS) is 10.7. The van der Waals surface area contributed by atoms with E-state index in [0.717, 1.165) is 4.90 Å². The van der Waals surface area contributed by atoms with Gasteiger partial charge in [0.15, 0.2) is 5.78 Å². The van der Waals surface area contributed by atoms with Crippen LogP contribution in [-0.2, 0) is 11.2 Å². The van der Waals surface area contributed by atoms with Crippen molar-refractivity contribution in [3.8, 4) is 5.75 Å². The topological polar surface area (TPSA) is 43.4 Å². The maximum Gasteiger partial charge on any atom is 0.315 e. The summed E-state index contributed by atoms with van der Waals surface area (Å²) in [6.07, 6.45) is 1.92. The van der Waals surface area contributed by atoms with Gasteiger partial charge in [-0.05, 0) is 42.2 Å². The summed E-state index contributed by atoms with van der Waals surface area (Å²) in [4.78, 5) is 25.4. The van der Waals surface area contributed by atoms with E-state index in [4.69, 9.17) is 4.74 Å². The molecule has 126 valence electrons. The van der Waals surface area contributed by atoms with Crippen molar-refractivity contribution in [3.63, 3.8) is 0 Å². The first-order valence-electron chi connectivity index (χ1n) is 7.58.